The Balaban J connectivity index is 2.33. The van der Waals surface area contributed by atoms with E-state index in [0.717, 1.165) is 6.42 Å². The van der Waals surface area contributed by atoms with Gasteiger partial charge in [0.1, 0.15) is 0 Å². The molecule has 1 fully saturated rings. The van der Waals surface area contributed by atoms with Crippen LogP contribution in [0.25, 0.3) is 0 Å². The van der Waals surface area contributed by atoms with Crippen molar-refractivity contribution in [2.45, 2.75) is 45.6 Å². The Hall–Kier alpha value is -0.680. The molecule has 0 aromatic carbocycles. The summed E-state index contributed by atoms with van der Waals surface area (Å²) in [5.74, 6) is 0.579. The minimum Gasteiger partial charge on any atom is -0.383 e. The lowest BCUT2D eigenvalue weighted by atomic mass is 9.89. The van der Waals surface area contributed by atoms with Crippen LogP contribution in [0.15, 0.2) is 5.10 Å². The maximum absolute atomic E-state index is 5.17. The van der Waals surface area contributed by atoms with E-state index in [4.69, 9.17) is 17.0 Å². The van der Waals surface area contributed by atoms with E-state index in [1.165, 1.54) is 25.0 Å². The highest BCUT2D eigenvalue weighted by Gasteiger charge is 2.15. The monoisotopic (exact) mass is 257 g/mol. The zero-order valence-corrected chi connectivity index (χ0v) is 11.8. The highest BCUT2D eigenvalue weighted by Crippen LogP contribution is 2.20. The molecule has 0 amide bonds. The first kappa shape index (κ1) is 14.4. The van der Waals surface area contributed by atoms with Gasteiger partial charge in [0.15, 0.2) is 5.11 Å². The SMILES string of the molecule is COC[C@H](C)NC(=S)N/N=C1/CCCC[C@H]1C. The second-order valence-corrected chi connectivity index (χ2v) is 5.10. The fourth-order valence-electron chi connectivity index (χ4n) is 2.01. The third kappa shape index (κ3) is 5.46. The Morgan fingerprint density at radius 2 is 2.35 bits per heavy atom. The summed E-state index contributed by atoms with van der Waals surface area (Å²) in [5, 5.41) is 8.09. The maximum Gasteiger partial charge on any atom is 0.187 e. The molecular formula is C12H23N3OS. The van der Waals surface area contributed by atoms with Crippen LogP contribution in [-0.4, -0.2) is 30.6 Å². The van der Waals surface area contributed by atoms with Crippen LogP contribution >= 0.6 is 12.2 Å². The van der Waals surface area contributed by atoms with E-state index in [1.54, 1.807) is 7.11 Å². The average molecular weight is 257 g/mol. The normalized spacial score (nSPS) is 24.4. The molecule has 0 aromatic rings. The molecule has 0 radical (unpaired) electrons. The molecule has 0 heterocycles. The van der Waals surface area contributed by atoms with Gasteiger partial charge in [0.2, 0.25) is 0 Å². The van der Waals surface area contributed by atoms with Crippen LogP contribution in [0.3, 0.4) is 0 Å². The average Bonchev–Trinajstić information content (AvgIpc) is 2.28. The van der Waals surface area contributed by atoms with Gasteiger partial charge in [-0.2, -0.15) is 5.10 Å². The zero-order valence-electron chi connectivity index (χ0n) is 11.0. The Morgan fingerprint density at radius 1 is 1.59 bits per heavy atom. The fraction of sp³-hybridized carbons (Fsp3) is 0.833. The molecule has 1 aliphatic rings. The molecule has 0 aromatic heterocycles. The van der Waals surface area contributed by atoms with Crippen molar-refractivity contribution in [2.75, 3.05) is 13.7 Å². The number of ether oxygens (including phenoxy) is 1. The number of nitrogens with zero attached hydrogens (tertiary/aromatic N) is 1. The van der Waals surface area contributed by atoms with E-state index in [2.05, 4.69) is 22.8 Å². The van der Waals surface area contributed by atoms with E-state index >= 15 is 0 Å². The number of methoxy groups -OCH3 is 1. The summed E-state index contributed by atoms with van der Waals surface area (Å²) in [6.07, 6.45) is 4.88. The van der Waals surface area contributed by atoms with E-state index in [1.807, 2.05) is 6.92 Å². The first-order chi connectivity index (χ1) is 8.13. The highest BCUT2D eigenvalue weighted by molar-refractivity contribution is 7.80. The fourth-order valence-corrected chi connectivity index (χ4v) is 2.25. The molecule has 0 saturated heterocycles. The van der Waals surface area contributed by atoms with Crippen molar-refractivity contribution in [3.8, 4) is 0 Å². The molecule has 4 nitrogen and oxygen atoms in total. The largest absolute Gasteiger partial charge is 0.383 e. The second kappa shape index (κ2) is 7.61. The van der Waals surface area contributed by atoms with Gasteiger partial charge in [-0.3, -0.25) is 5.43 Å². The number of hydrogen-bond donors (Lipinski definition) is 2. The van der Waals surface area contributed by atoms with Crippen molar-refractivity contribution in [1.82, 2.24) is 10.7 Å². The standard InChI is InChI=1S/C12H23N3OS/c1-9-6-4-5-7-11(9)14-15-12(17)13-10(2)8-16-3/h9-10H,4-8H2,1-3H3,(H2,13,15,17)/b14-11-/t9-,10+/m1/s1. The summed E-state index contributed by atoms with van der Waals surface area (Å²) in [5.41, 5.74) is 4.16. The lowest BCUT2D eigenvalue weighted by Crippen LogP contribution is -2.41. The summed E-state index contributed by atoms with van der Waals surface area (Å²) in [6, 6.07) is 0.198. The van der Waals surface area contributed by atoms with E-state index in [-0.39, 0.29) is 6.04 Å². The lowest BCUT2D eigenvalue weighted by molar-refractivity contribution is 0.179. The Bertz CT molecular complexity index is 281. The molecule has 0 spiro atoms. The smallest absolute Gasteiger partial charge is 0.187 e. The van der Waals surface area contributed by atoms with E-state index < -0.39 is 0 Å². The maximum atomic E-state index is 5.17. The summed E-state index contributed by atoms with van der Waals surface area (Å²) in [7, 11) is 1.68. The molecule has 2 atom stereocenters. The molecule has 1 aliphatic carbocycles. The van der Waals surface area contributed by atoms with E-state index in [9.17, 15) is 0 Å². The van der Waals surface area contributed by atoms with E-state index in [0.29, 0.717) is 17.6 Å². The molecule has 2 N–H and O–H groups in total. The van der Waals surface area contributed by atoms with Crippen LogP contribution in [-0.2, 0) is 4.74 Å². The number of hydrogen-bond acceptors (Lipinski definition) is 3. The van der Waals surface area contributed by atoms with Crippen LogP contribution in [0.5, 0.6) is 0 Å². The molecule has 0 unspecified atom stereocenters. The third-order valence-electron chi connectivity index (χ3n) is 2.98. The summed E-state index contributed by atoms with van der Waals surface area (Å²) in [6.45, 7) is 4.88. The minimum atomic E-state index is 0.198. The van der Waals surface area contributed by atoms with Crippen molar-refractivity contribution >= 4 is 23.0 Å². The molecule has 1 saturated carbocycles. The van der Waals surface area contributed by atoms with Gasteiger partial charge in [-0.15, -0.1) is 0 Å². The van der Waals surface area contributed by atoms with Crippen LogP contribution < -0.4 is 10.7 Å². The quantitative estimate of drug-likeness (QED) is 0.598. The predicted octanol–water partition coefficient (Wildman–Crippen LogP) is 2.05. The molecule has 0 bridgehead atoms. The van der Waals surface area contributed by atoms with Crippen molar-refractivity contribution < 1.29 is 4.74 Å². The van der Waals surface area contributed by atoms with Gasteiger partial charge in [-0.05, 0) is 44.3 Å². The zero-order chi connectivity index (χ0) is 12.7. The molecule has 0 aliphatic heterocycles. The lowest BCUT2D eigenvalue weighted by Gasteiger charge is -2.20. The molecular weight excluding hydrogens is 234 g/mol. The molecule has 1 rings (SSSR count). The molecule has 17 heavy (non-hydrogen) atoms. The summed E-state index contributed by atoms with van der Waals surface area (Å²) in [4.78, 5) is 0. The van der Waals surface area contributed by atoms with Crippen LogP contribution in [0.1, 0.15) is 39.5 Å². The number of hydrazone groups is 1. The Labute approximate surface area is 109 Å². The summed E-state index contributed by atoms with van der Waals surface area (Å²) >= 11 is 5.17. The van der Waals surface area contributed by atoms with Crippen molar-refractivity contribution in [3.63, 3.8) is 0 Å². The molecule has 98 valence electrons. The number of nitrogens with one attached hydrogen (secondary N) is 2. The highest BCUT2D eigenvalue weighted by atomic mass is 32.1. The Morgan fingerprint density at radius 3 is 3.00 bits per heavy atom. The third-order valence-corrected chi connectivity index (χ3v) is 3.19. The molecule has 5 heteroatoms. The first-order valence-electron chi connectivity index (χ1n) is 6.25. The first-order valence-corrected chi connectivity index (χ1v) is 6.66. The van der Waals surface area contributed by atoms with Gasteiger partial charge in [-0.25, -0.2) is 0 Å². The number of thiocarbonyl (C=S) groups is 1. The van der Waals surface area contributed by atoms with Crippen LogP contribution in [0.2, 0.25) is 0 Å². The summed E-state index contributed by atoms with van der Waals surface area (Å²) < 4.78 is 5.03. The Kier molecular flexibility index (Phi) is 6.44. The second-order valence-electron chi connectivity index (χ2n) is 4.69. The minimum absolute atomic E-state index is 0.198. The predicted molar refractivity (Wildman–Crippen MR) is 75.3 cm³/mol. The van der Waals surface area contributed by atoms with Crippen molar-refractivity contribution in [3.05, 3.63) is 0 Å². The van der Waals surface area contributed by atoms with Gasteiger partial charge in [0, 0.05) is 18.9 Å². The van der Waals surface area contributed by atoms with Gasteiger partial charge in [0.25, 0.3) is 0 Å². The van der Waals surface area contributed by atoms with Crippen molar-refractivity contribution in [1.29, 1.82) is 0 Å². The topological polar surface area (TPSA) is 45.6 Å². The van der Waals surface area contributed by atoms with Gasteiger partial charge in [0.05, 0.1) is 6.61 Å². The van der Waals surface area contributed by atoms with Crippen LogP contribution in [0.4, 0.5) is 0 Å². The van der Waals surface area contributed by atoms with Gasteiger partial charge in [-0.1, -0.05) is 13.3 Å². The van der Waals surface area contributed by atoms with Crippen LogP contribution in [0, 0.1) is 5.92 Å². The van der Waals surface area contributed by atoms with Gasteiger partial charge >= 0.3 is 0 Å². The van der Waals surface area contributed by atoms with Crippen molar-refractivity contribution in [2.24, 2.45) is 11.0 Å². The number of rotatable bonds is 4. The van der Waals surface area contributed by atoms with Gasteiger partial charge < -0.3 is 10.1 Å².